The molecule has 4 rings (SSSR count). The fourth-order valence-electron chi connectivity index (χ4n) is 4.58. The first-order chi connectivity index (χ1) is 15.9. The maximum atomic E-state index is 12.3. The molecular formula is C22H32N8O2S. The lowest BCUT2D eigenvalue weighted by Crippen LogP contribution is -2.48. The van der Waals surface area contributed by atoms with Crippen LogP contribution in [0.1, 0.15) is 44.9 Å². The first kappa shape index (κ1) is 23.2. The van der Waals surface area contributed by atoms with E-state index >= 15 is 0 Å². The molecule has 7 N–H and O–H groups in total. The lowest BCUT2D eigenvalue weighted by atomic mass is 10.1. The van der Waals surface area contributed by atoms with Gasteiger partial charge in [-0.1, -0.05) is 6.42 Å². The van der Waals surface area contributed by atoms with Crippen LogP contribution >= 0.6 is 11.8 Å². The largest absolute Gasteiger partial charge is 0.369 e. The molecule has 3 saturated heterocycles. The van der Waals surface area contributed by atoms with Crippen LogP contribution in [-0.2, 0) is 4.79 Å². The molecule has 0 saturated carbocycles. The number of unbranched alkanes of at least 4 members (excludes halogenated alkanes) is 1. The predicted octanol–water partition coefficient (Wildman–Crippen LogP) is 2.43. The molecular weight excluding hydrogens is 440 g/mol. The van der Waals surface area contributed by atoms with Crippen LogP contribution in [0.25, 0.3) is 0 Å². The number of hydrogen-bond donors (Lipinski definition) is 6. The van der Waals surface area contributed by atoms with Gasteiger partial charge in [0, 0.05) is 30.4 Å². The van der Waals surface area contributed by atoms with E-state index in [1.54, 1.807) is 24.3 Å². The van der Waals surface area contributed by atoms with Gasteiger partial charge in [-0.2, -0.15) is 0 Å². The van der Waals surface area contributed by atoms with E-state index in [-0.39, 0.29) is 35.3 Å². The van der Waals surface area contributed by atoms with Crippen molar-refractivity contribution in [2.45, 2.75) is 61.6 Å². The lowest BCUT2D eigenvalue weighted by Gasteiger charge is -2.29. The van der Waals surface area contributed by atoms with Gasteiger partial charge in [-0.25, -0.2) is 4.79 Å². The summed E-state index contributed by atoms with van der Waals surface area (Å²) in [7, 11) is 0. The molecule has 10 nitrogen and oxygen atoms in total. The fourth-order valence-corrected chi connectivity index (χ4v) is 6.16. The molecule has 3 heterocycles. The van der Waals surface area contributed by atoms with Gasteiger partial charge in [0.15, 0.2) is 5.96 Å². The Morgan fingerprint density at radius 1 is 1.18 bits per heavy atom. The van der Waals surface area contributed by atoms with Gasteiger partial charge in [-0.15, -0.1) is 11.8 Å². The summed E-state index contributed by atoms with van der Waals surface area (Å²) in [6.45, 7) is 1.59. The minimum atomic E-state index is -0.203. The third-order valence-corrected chi connectivity index (χ3v) is 7.81. The number of thioether (sulfide) groups is 1. The quantitative estimate of drug-likeness (QED) is 0.204. The summed E-state index contributed by atoms with van der Waals surface area (Å²) in [5.74, 6) is -0.0224. The van der Waals surface area contributed by atoms with Crippen LogP contribution < -0.4 is 26.6 Å². The van der Waals surface area contributed by atoms with Gasteiger partial charge in [-0.3, -0.25) is 20.5 Å². The van der Waals surface area contributed by atoms with E-state index in [4.69, 9.17) is 16.6 Å². The molecule has 0 spiro atoms. The fraction of sp³-hybridized carbons (Fsp3) is 0.545. The SMILES string of the molecule is N=C(N)N(C(=N)N1CCCC1)c1ccc(NC(=O)CCCCC2CC3NC(=O)NC3S2)cc1. The van der Waals surface area contributed by atoms with Crippen LogP contribution in [0.2, 0.25) is 0 Å². The molecule has 11 heteroatoms. The number of nitrogens with zero attached hydrogens (tertiary/aromatic N) is 2. The third-order valence-electron chi connectivity index (χ3n) is 6.26. The predicted molar refractivity (Wildman–Crippen MR) is 132 cm³/mol. The Hall–Kier alpha value is -2.95. The number of likely N-dealkylation sites (tertiary alicyclic amines) is 1. The number of urea groups is 1. The van der Waals surface area contributed by atoms with E-state index in [0.717, 1.165) is 51.6 Å². The number of anilines is 2. The highest BCUT2D eigenvalue weighted by atomic mass is 32.2. The van der Waals surface area contributed by atoms with Crippen LogP contribution in [0, 0.1) is 10.8 Å². The third kappa shape index (κ3) is 5.70. The first-order valence-corrected chi connectivity index (χ1v) is 12.4. The lowest BCUT2D eigenvalue weighted by molar-refractivity contribution is -0.116. The Kier molecular flexibility index (Phi) is 7.26. The van der Waals surface area contributed by atoms with Gasteiger partial charge >= 0.3 is 6.03 Å². The zero-order valence-corrected chi connectivity index (χ0v) is 19.4. The van der Waals surface area contributed by atoms with Gasteiger partial charge in [0.05, 0.1) is 17.1 Å². The topological polar surface area (TPSA) is 150 Å². The number of hydrogen-bond acceptors (Lipinski definition) is 5. The van der Waals surface area contributed by atoms with Crippen molar-refractivity contribution < 1.29 is 9.59 Å². The Morgan fingerprint density at radius 2 is 1.91 bits per heavy atom. The number of carbonyl (C=O) groups excluding carboxylic acids is 2. The summed E-state index contributed by atoms with van der Waals surface area (Å²) in [6, 6.07) is 7.24. The van der Waals surface area contributed by atoms with Gasteiger partial charge in [0.1, 0.15) is 0 Å². The molecule has 0 bridgehead atoms. The van der Waals surface area contributed by atoms with E-state index in [9.17, 15) is 9.59 Å². The summed E-state index contributed by atoms with van der Waals surface area (Å²) in [6.07, 6.45) is 6.36. The van der Waals surface area contributed by atoms with E-state index in [2.05, 4.69) is 16.0 Å². The second-order valence-electron chi connectivity index (χ2n) is 8.72. The number of carbonyl (C=O) groups is 2. The molecule has 3 fully saturated rings. The monoisotopic (exact) mass is 472 g/mol. The van der Waals surface area contributed by atoms with Crippen molar-refractivity contribution in [3.63, 3.8) is 0 Å². The second kappa shape index (κ2) is 10.3. The Balaban J connectivity index is 1.20. The zero-order chi connectivity index (χ0) is 23.4. The van der Waals surface area contributed by atoms with Crippen molar-refractivity contribution in [3.8, 4) is 0 Å². The summed E-state index contributed by atoms with van der Waals surface area (Å²) >= 11 is 1.82. The minimum absolute atomic E-state index is 0.0270. The highest BCUT2D eigenvalue weighted by Crippen LogP contribution is 2.37. The number of rotatable bonds is 7. The number of benzene rings is 1. The average Bonchev–Trinajstić information content (AvgIpc) is 3.49. The Morgan fingerprint density at radius 3 is 2.58 bits per heavy atom. The molecule has 3 atom stereocenters. The van der Waals surface area contributed by atoms with E-state index < -0.39 is 0 Å². The van der Waals surface area contributed by atoms with Gasteiger partial charge in [0.25, 0.3) is 0 Å². The van der Waals surface area contributed by atoms with Crippen molar-refractivity contribution in [1.29, 1.82) is 10.8 Å². The Bertz CT molecular complexity index is 886. The Labute approximate surface area is 198 Å². The second-order valence-corrected chi connectivity index (χ2v) is 10.2. The van der Waals surface area contributed by atoms with Gasteiger partial charge in [-0.05, 0) is 56.4 Å². The van der Waals surface area contributed by atoms with Gasteiger partial charge in [0.2, 0.25) is 11.9 Å². The van der Waals surface area contributed by atoms with Crippen molar-refractivity contribution in [1.82, 2.24) is 15.5 Å². The summed E-state index contributed by atoms with van der Waals surface area (Å²) < 4.78 is 0. The number of fused-ring (bicyclic) bond motifs is 1. The summed E-state index contributed by atoms with van der Waals surface area (Å²) in [5.41, 5.74) is 7.06. The van der Waals surface area contributed by atoms with Crippen LogP contribution in [0.15, 0.2) is 24.3 Å². The van der Waals surface area contributed by atoms with E-state index in [1.165, 1.54) is 4.90 Å². The maximum absolute atomic E-state index is 12.3. The molecule has 0 aromatic heterocycles. The van der Waals surface area contributed by atoms with E-state index in [0.29, 0.717) is 23.0 Å². The van der Waals surface area contributed by atoms with Gasteiger partial charge < -0.3 is 26.6 Å². The zero-order valence-electron chi connectivity index (χ0n) is 18.6. The summed E-state index contributed by atoms with van der Waals surface area (Å²) in [5, 5.41) is 25.8. The molecule has 33 heavy (non-hydrogen) atoms. The van der Waals surface area contributed by atoms with Crippen molar-refractivity contribution in [2.75, 3.05) is 23.3 Å². The molecule has 3 amide bonds. The molecule has 3 aliphatic heterocycles. The standard InChI is InChI=1S/C22H32N8O2S/c23-20(24)30(21(25)29-11-3-4-12-29)15-9-7-14(8-10-15)26-18(31)6-2-1-5-16-13-17-19(33-16)28-22(32)27-17/h7-10,16-17,19,25H,1-6,11-13H2,(H3,23,24)(H,26,31)(H2,27,28,32). The number of amides is 3. The first-order valence-electron chi connectivity index (χ1n) is 11.5. The molecule has 0 radical (unpaired) electrons. The highest BCUT2D eigenvalue weighted by molar-refractivity contribution is 8.00. The highest BCUT2D eigenvalue weighted by Gasteiger charge is 2.40. The van der Waals surface area contributed by atoms with E-state index in [1.807, 2.05) is 16.7 Å². The average molecular weight is 473 g/mol. The molecule has 3 aliphatic rings. The van der Waals surface area contributed by atoms with Crippen LogP contribution in [0.4, 0.5) is 16.2 Å². The maximum Gasteiger partial charge on any atom is 0.316 e. The van der Waals surface area contributed by atoms with Crippen LogP contribution in [-0.4, -0.2) is 58.5 Å². The molecule has 1 aromatic rings. The number of guanidine groups is 2. The minimum Gasteiger partial charge on any atom is -0.369 e. The normalized spacial score (nSPS) is 23.6. The molecule has 1 aromatic carbocycles. The van der Waals surface area contributed by atoms with Crippen molar-refractivity contribution >= 4 is 47.0 Å². The summed E-state index contributed by atoms with van der Waals surface area (Å²) in [4.78, 5) is 27.0. The van der Waals surface area contributed by atoms with Crippen molar-refractivity contribution in [2.24, 2.45) is 5.73 Å². The van der Waals surface area contributed by atoms with Crippen LogP contribution in [0.5, 0.6) is 0 Å². The van der Waals surface area contributed by atoms with Crippen LogP contribution in [0.3, 0.4) is 0 Å². The molecule has 0 aliphatic carbocycles. The number of nitrogens with two attached hydrogens (primary N) is 1. The van der Waals surface area contributed by atoms with Crippen molar-refractivity contribution in [3.05, 3.63) is 24.3 Å². The molecule has 3 unspecified atom stereocenters. The smallest absolute Gasteiger partial charge is 0.316 e. The number of nitrogens with one attached hydrogen (secondary N) is 5. The molecule has 178 valence electrons.